The van der Waals surface area contributed by atoms with Crippen molar-refractivity contribution >= 4 is 28.6 Å². The number of aliphatic hydroxyl groups is 1. The minimum Gasteiger partial charge on any atom is -0.474 e. The van der Waals surface area contributed by atoms with Crippen molar-refractivity contribution in [3.8, 4) is 18.0 Å². The molecule has 13 heteroatoms. The maximum atomic E-state index is 11.0. The summed E-state index contributed by atoms with van der Waals surface area (Å²) in [5.41, 5.74) is 1.59. The number of rotatable bonds is 15. The summed E-state index contributed by atoms with van der Waals surface area (Å²) in [6, 6.07) is 17.4. The van der Waals surface area contributed by atoms with Crippen LogP contribution in [-0.4, -0.2) is 54.5 Å². The van der Waals surface area contributed by atoms with Crippen molar-refractivity contribution in [1.82, 2.24) is 4.98 Å². The summed E-state index contributed by atoms with van der Waals surface area (Å²) in [7, 11) is 0. The largest absolute Gasteiger partial charge is 0.474 e. The predicted octanol–water partition coefficient (Wildman–Crippen LogP) is 4.76. The average molecular weight is 545 g/mol. The molecule has 206 valence electrons. The molecule has 0 amide bonds. The topological polar surface area (TPSA) is 191 Å². The van der Waals surface area contributed by atoms with E-state index in [1.807, 2.05) is 36.4 Å². The molecule has 0 radical (unpaired) electrons. The van der Waals surface area contributed by atoms with Crippen LogP contribution in [0, 0.1) is 39.7 Å². The Morgan fingerprint density at radius 2 is 1.85 bits per heavy atom. The van der Waals surface area contributed by atoms with E-state index >= 15 is 0 Å². The van der Waals surface area contributed by atoms with Gasteiger partial charge in [0.1, 0.15) is 30.3 Å². The maximum absolute atomic E-state index is 11.0. The Labute approximate surface area is 230 Å². The van der Waals surface area contributed by atoms with Crippen LogP contribution in [0.15, 0.2) is 58.8 Å². The number of aliphatic hydroxyl groups excluding tert-OH is 1. The fourth-order valence-corrected chi connectivity index (χ4v) is 3.50. The smallest absolute Gasteiger partial charge is 0.270 e. The van der Waals surface area contributed by atoms with E-state index in [0.29, 0.717) is 12.2 Å². The van der Waals surface area contributed by atoms with Gasteiger partial charge in [0.25, 0.3) is 5.69 Å². The van der Waals surface area contributed by atoms with Gasteiger partial charge in [-0.25, -0.2) is 0 Å². The minimum absolute atomic E-state index is 0.0390. The van der Waals surface area contributed by atoms with Crippen LogP contribution in [0.1, 0.15) is 23.1 Å². The number of nitro groups is 1. The highest BCUT2D eigenvalue weighted by atomic mass is 16.6. The highest BCUT2D eigenvalue weighted by Gasteiger charge is 2.19. The lowest BCUT2D eigenvalue weighted by Gasteiger charge is -2.15. The van der Waals surface area contributed by atoms with Gasteiger partial charge in [-0.15, -0.1) is 10.2 Å². The van der Waals surface area contributed by atoms with E-state index < -0.39 is 4.92 Å². The number of nitrogens with one attached hydrogen (secondary N) is 2. The zero-order valence-electron chi connectivity index (χ0n) is 21.8. The molecular formula is C27H28N8O5. The molecule has 0 aliphatic rings. The molecule has 0 atom stereocenters. The van der Waals surface area contributed by atoms with Crippen LogP contribution in [0.2, 0.25) is 0 Å². The van der Waals surface area contributed by atoms with Crippen LogP contribution in [0.5, 0.6) is 5.88 Å². The monoisotopic (exact) mass is 544 g/mol. The third-order valence-electron chi connectivity index (χ3n) is 5.50. The molecule has 0 spiro atoms. The maximum Gasteiger partial charge on any atom is 0.270 e. The number of aromatic nitrogens is 1. The standard InChI is InChI=1S/C27H28N8O5/c1-19-23(18-29)26(31-11-12-36)32-27(40-15-14-39-13-5-10-30-21-6-3-2-4-7-21)25(19)34-33-24-9-8-22(35(37)38)16-20(24)17-28/h2-4,6-9,16,30,36H,5,10-15H2,1H3,(H,31,32). The summed E-state index contributed by atoms with van der Waals surface area (Å²) in [6.07, 6.45) is 0.786. The van der Waals surface area contributed by atoms with Crippen molar-refractivity contribution in [2.45, 2.75) is 13.3 Å². The molecule has 13 nitrogen and oxygen atoms in total. The van der Waals surface area contributed by atoms with E-state index in [1.165, 1.54) is 12.1 Å². The molecule has 0 unspecified atom stereocenters. The number of para-hydroxylation sites is 1. The fraction of sp³-hybridized carbons (Fsp3) is 0.296. The van der Waals surface area contributed by atoms with Gasteiger partial charge in [-0.1, -0.05) is 18.2 Å². The Bertz CT molecular complexity index is 1420. The molecule has 3 rings (SSSR count). The number of nitrogens with zero attached hydrogens (tertiary/aromatic N) is 6. The molecule has 3 N–H and O–H groups in total. The van der Waals surface area contributed by atoms with Crippen molar-refractivity contribution in [2.75, 3.05) is 50.2 Å². The van der Waals surface area contributed by atoms with Crippen LogP contribution in [0.4, 0.5) is 28.6 Å². The van der Waals surface area contributed by atoms with E-state index in [9.17, 15) is 25.7 Å². The Hall–Kier alpha value is -5.11. The second kappa shape index (κ2) is 15.3. The summed E-state index contributed by atoms with van der Waals surface area (Å²) < 4.78 is 11.5. The van der Waals surface area contributed by atoms with Gasteiger partial charge in [0.05, 0.1) is 29.3 Å². The number of pyridine rings is 1. The number of anilines is 2. The molecule has 3 aromatic rings. The van der Waals surface area contributed by atoms with E-state index in [2.05, 4.69) is 31.9 Å². The Balaban J connectivity index is 1.72. The van der Waals surface area contributed by atoms with Crippen LogP contribution in [0.3, 0.4) is 0 Å². The second-order valence-corrected chi connectivity index (χ2v) is 8.25. The number of nitro benzene ring substituents is 1. The lowest BCUT2D eigenvalue weighted by molar-refractivity contribution is -0.384. The summed E-state index contributed by atoms with van der Waals surface area (Å²) in [5, 5.41) is 53.8. The van der Waals surface area contributed by atoms with Gasteiger partial charge in [-0.3, -0.25) is 10.1 Å². The number of hydrogen-bond acceptors (Lipinski definition) is 12. The van der Waals surface area contributed by atoms with E-state index in [4.69, 9.17) is 9.47 Å². The molecular weight excluding hydrogens is 516 g/mol. The van der Waals surface area contributed by atoms with Gasteiger partial charge in [-0.2, -0.15) is 15.5 Å². The van der Waals surface area contributed by atoms with Crippen LogP contribution in [0.25, 0.3) is 0 Å². The van der Waals surface area contributed by atoms with Gasteiger partial charge in [0, 0.05) is 43.1 Å². The molecule has 0 aliphatic carbocycles. The number of benzene rings is 2. The van der Waals surface area contributed by atoms with Crippen LogP contribution < -0.4 is 15.4 Å². The van der Waals surface area contributed by atoms with Gasteiger partial charge < -0.3 is 25.2 Å². The normalized spacial score (nSPS) is 10.6. The second-order valence-electron chi connectivity index (χ2n) is 8.25. The third kappa shape index (κ3) is 8.19. The predicted molar refractivity (Wildman–Crippen MR) is 147 cm³/mol. The highest BCUT2D eigenvalue weighted by Crippen LogP contribution is 2.37. The number of ether oxygens (including phenoxy) is 2. The Morgan fingerprint density at radius 1 is 1.05 bits per heavy atom. The van der Waals surface area contributed by atoms with Gasteiger partial charge >= 0.3 is 0 Å². The third-order valence-corrected chi connectivity index (χ3v) is 5.50. The van der Waals surface area contributed by atoms with Crippen molar-refractivity contribution in [3.05, 3.63) is 75.3 Å². The number of non-ortho nitro benzene ring substituents is 1. The average Bonchev–Trinajstić information content (AvgIpc) is 2.97. The molecule has 0 aliphatic heterocycles. The van der Waals surface area contributed by atoms with E-state index in [0.717, 1.165) is 24.7 Å². The first-order chi connectivity index (χ1) is 19.5. The number of hydrogen-bond donors (Lipinski definition) is 3. The molecule has 1 heterocycles. The number of nitriles is 2. The molecule has 1 aromatic heterocycles. The van der Waals surface area contributed by atoms with E-state index in [1.54, 1.807) is 6.92 Å². The van der Waals surface area contributed by atoms with Crippen LogP contribution in [-0.2, 0) is 4.74 Å². The first kappa shape index (κ1) is 29.4. The summed E-state index contributed by atoms with van der Waals surface area (Å²) in [5.74, 6) is 0.277. The fourth-order valence-electron chi connectivity index (χ4n) is 3.50. The zero-order valence-corrected chi connectivity index (χ0v) is 21.8. The lowest BCUT2D eigenvalue weighted by Crippen LogP contribution is -2.13. The number of azo groups is 1. The molecule has 0 saturated heterocycles. The molecule has 2 aromatic carbocycles. The molecule has 0 saturated carbocycles. The first-order valence-corrected chi connectivity index (χ1v) is 12.4. The van der Waals surface area contributed by atoms with Crippen molar-refractivity contribution in [2.24, 2.45) is 10.2 Å². The summed E-state index contributed by atoms with van der Waals surface area (Å²) in [4.78, 5) is 14.8. The van der Waals surface area contributed by atoms with Crippen LogP contribution >= 0.6 is 0 Å². The first-order valence-electron chi connectivity index (χ1n) is 12.4. The van der Waals surface area contributed by atoms with Gasteiger partial charge in [0.15, 0.2) is 5.69 Å². The molecule has 40 heavy (non-hydrogen) atoms. The van der Waals surface area contributed by atoms with Gasteiger partial charge in [0.2, 0.25) is 5.88 Å². The minimum atomic E-state index is -0.610. The van der Waals surface area contributed by atoms with Crippen molar-refractivity contribution in [3.63, 3.8) is 0 Å². The summed E-state index contributed by atoms with van der Waals surface area (Å²) >= 11 is 0. The quantitative estimate of drug-likeness (QED) is 0.104. The van der Waals surface area contributed by atoms with Crippen molar-refractivity contribution < 1.29 is 19.5 Å². The SMILES string of the molecule is Cc1c(C#N)c(NCCO)nc(OCCOCCCNc2ccccc2)c1N=Nc1ccc([N+](=O)[O-])cc1C#N. The Kier molecular flexibility index (Phi) is 11.3. The van der Waals surface area contributed by atoms with Gasteiger partial charge in [-0.05, 0) is 31.5 Å². The lowest BCUT2D eigenvalue weighted by atomic mass is 10.1. The highest BCUT2D eigenvalue weighted by molar-refractivity contribution is 5.68. The van der Waals surface area contributed by atoms with Crippen molar-refractivity contribution in [1.29, 1.82) is 10.5 Å². The van der Waals surface area contributed by atoms with E-state index in [-0.39, 0.29) is 66.3 Å². The zero-order chi connectivity index (χ0) is 28.7. The summed E-state index contributed by atoms with van der Waals surface area (Å²) in [6.45, 7) is 3.29. The molecule has 0 bridgehead atoms. The molecule has 0 fully saturated rings. The Morgan fingerprint density at radius 3 is 2.55 bits per heavy atom.